The SMILES string of the molecule is O=C(O)C1C2CC(C2)N1C(=O)C(F)(F)F. The normalized spacial score (nSPS) is 33.8. The Hall–Kier alpha value is -1.27. The zero-order chi connectivity index (χ0) is 11.4. The van der Waals surface area contributed by atoms with E-state index in [0.29, 0.717) is 17.7 Å². The molecule has 0 aromatic rings. The minimum atomic E-state index is -4.98. The van der Waals surface area contributed by atoms with E-state index >= 15 is 0 Å². The lowest BCUT2D eigenvalue weighted by atomic mass is 9.83. The van der Waals surface area contributed by atoms with Gasteiger partial charge in [-0.3, -0.25) is 4.79 Å². The van der Waals surface area contributed by atoms with Crippen LogP contribution in [0, 0.1) is 5.92 Å². The Balaban J connectivity index is 2.22. The Morgan fingerprint density at radius 2 is 1.80 bits per heavy atom. The number of nitrogens with zero attached hydrogens (tertiary/aromatic N) is 1. The fraction of sp³-hybridized carbons (Fsp3) is 0.750. The van der Waals surface area contributed by atoms with E-state index in [2.05, 4.69) is 0 Å². The summed E-state index contributed by atoms with van der Waals surface area (Å²) in [4.78, 5) is 22.2. The van der Waals surface area contributed by atoms with Crippen molar-refractivity contribution in [3.05, 3.63) is 0 Å². The summed E-state index contributed by atoms with van der Waals surface area (Å²) in [5, 5.41) is 8.73. The molecular formula is C8H8F3NO3. The van der Waals surface area contributed by atoms with Crippen LogP contribution in [-0.4, -0.2) is 40.1 Å². The lowest BCUT2D eigenvalue weighted by Crippen LogP contribution is -2.47. The summed E-state index contributed by atoms with van der Waals surface area (Å²) < 4.78 is 36.4. The van der Waals surface area contributed by atoms with Gasteiger partial charge < -0.3 is 10.0 Å². The second-order valence-electron chi connectivity index (χ2n) is 3.88. The first-order valence-corrected chi connectivity index (χ1v) is 4.44. The molecule has 2 bridgehead atoms. The number of rotatable bonds is 1. The average Bonchev–Trinajstić information content (AvgIpc) is 2.51. The first-order chi connectivity index (χ1) is 6.82. The van der Waals surface area contributed by atoms with E-state index in [1.807, 2.05) is 0 Å². The molecule has 1 aliphatic carbocycles. The van der Waals surface area contributed by atoms with E-state index in [0.717, 1.165) is 0 Å². The van der Waals surface area contributed by atoms with Crippen molar-refractivity contribution in [3.8, 4) is 0 Å². The summed E-state index contributed by atoms with van der Waals surface area (Å²) in [7, 11) is 0. The standard InChI is InChI=1S/C8H8F3NO3/c9-8(10,11)7(15)12-4-1-3(2-4)5(12)6(13)14/h3-5H,1-2H2,(H,13,14). The van der Waals surface area contributed by atoms with Gasteiger partial charge in [0.05, 0.1) is 0 Å². The number of hydrogen-bond donors (Lipinski definition) is 1. The van der Waals surface area contributed by atoms with E-state index in [4.69, 9.17) is 5.11 Å². The van der Waals surface area contributed by atoms with Crippen LogP contribution in [0.1, 0.15) is 12.8 Å². The maximum Gasteiger partial charge on any atom is 0.471 e. The third kappa shape index (κ3) is 1.37. The highest BCUT2D eigenvalue weighted by atomic mass is 19.4. The molecule has 2 aliphatic heterocycles. The molecule has 84 valence electrons. The van der Waals surface area contributed by atoms with Gasteiger partial charge in [-0.05, 0) is 18.8 Å². The van der Waals surface area contributed by atoms with Crippen LogP contribution in [0.4, 0.5) is 13.2 Å². The quantitative estimate of drug-likeness (QED) is 0.709. The first-order valence-electron chi connectivity index (χ1n) is 4.44. The molecule has 4 nitrogen and oxygen atoms in total. The van der Waals surface area contributed by atoms with Gasteiger partial charge in [-0.1, -0.05) is 0 Å². The van der Waals surface area contributed by atoms with Crippen molar-refractivity contribution in [1.82, 2.24) is 4.90 Å². The summed E-state index contributed by atoms with van der Waals surface area (Å²) in [5.74, 6) is -3.68. The molecule has 1 saturated carbocycles. The zero-order valence-corrected chi connectivity index (χ0v) is 7.49. The van der Waals surface area contributed by atoms with Crippen LogP contribution in [0.15, 0.2) is 0 Å². The highest BCUT2D eigenvalue weighted by Gasteiger charge is 2.60. The summed E-state index contributed by atoms with van der Waals surface area (Å²) in [6.45, 7) is 0. The van der Waals surface area contributed by atoms with E-state index in [-0.39, 0.29) is 5.92 Å². The number of hydrogen-bond acceptors (Lipinski definition) is 2. The Morgan fingerprint density at radius 1 is 1.27 bits per heavy atom. The van der Waals surface area contributed by atoms with Crippen LogP contribution >= 0.6 is 0 Å². The van der Waals surface area contributed by atoms with Crippen molar-refractivity contribution >= 4 is 11.9 Å². The van der Waals surface area contributed by atoms with Crippen molar-refractivity contribution in [3.63, 3.8) is 0 Å². The molecule has 1 amide bonds. The van der Waals surface area contributed by atoms with Gasteiger partial charge in [0.25, 0.3) is 0 Å². The minimum absolute atomic E-state index is 0.307. The molecule has 0 aromatic heterocycles. The monoisotopic (exact) mass is 223 g/mol. The van der Waals surface area contributed by atoms with Crippen LogP contribution in [0.25, 0.3) is 0 Å². The third-order valence-electron chi connectivity index (χ3n) is 3.02. The molecule has 15 heavy (non-hydrogen) atoms. The van der Waals surface area contributed by atoms with Gasteiger partial charge in [0, 0.05) is 6.04 Å². The van der Waals surface area contributed by atoms with E-state index in [1.54, 1.807) is 0 Å². The fourth-order valence-corrected chi connectivity index (χ4v) is 2.33. The van der Waals surface area contributed by atoms with E-state index < -0.39 is 30.1 Å². The van der Waals surface area contributed by atoms with Gasteiger partial charge in [0.1, 0.15) is 6.04 Å². The molecule has 1 atom stereocenters. The third-order valence-corrected chi connectivity index (χ3v) is 3.02. The molecule has 3 aliphatic rings. The second-order valence-corrected chi connectivity index (χ2v) is 3.88. The van der Waals surface area contributed by atoms with Gasteiger partial charge >= 0.3 is 18.1 Å². The lowest BCUT2D eigenvalue weighted by molar-refractivity contribution is -0.188. The van der Waals surface area contributed by atoms with Crippen molar-refractivity contribution < 1.29 is 27.9 Å². The summed E-state index contributed by atoms with van der Waals surface area (Å²) >= 11 is 0. The summed E-state index contributed by atoms with van der Waals surface area (Å²) in [6.07, 6.45) is -4.23. The number of carbonyl (C=O) groups is 2. The highest BCUT2D eigenvalue weighted by Crippen LogP contribution is 2.47. The molecule has 2 saturated heterocycles. The number of halogens is 3. The van der Waals surface area contributed by atoms with Crippen LogP contribution in [0.5, 0.6) is 0 Å². The predicted octanol–water partition coefficient (Wildman–Crippen LogP) is 0.623. The van der Waals surface area contributed by atoms with Crippen molar-refractivity contribution in [2.45, 2.75) is 31.1 Å². The summed E-state index contributed by atoms with van der Waals surface area (Å²) in [6, 6.07) is -1.82. The molecular weight excluding hydrogens is 215 g/mol. The fourth-order valence-electron chi connectivity index (χ4n) is 2.33. The number of fused-ring (bicyclic) bond motifs is 1. The van der Waals surface area contributed by atoms with Gasteiger partial charge in [0.2, 0.25) is 0 Å². The van der Waals surface area contributed by atoms with Crippen LogP contribution in [0.3, 0.4) is 0 Å². The Kier molecular flexibility index (Phi) is 1.96. The number of aliphatic carboxylic acids is 1. The maximum atomic E-state index is 12.1. The van der Waals surface area contributed by atoms with Gasteiger partial charge in [-0.2, -0.15) is 13.2 Å². The second kappa shape index (κ2) is 2.86. The lowest BCUT2D eigenvalue weighted by Gasteiger charge is -2.26. The number of amides is 1. The number of carbonyl (C=O) groups excluding carboxylic acids is 1. The van der Waals surface area contributed by atoms with Crippen molar-refractivity contribution in [2.24, 2.45) is 5.92 Å². The molecule has 3 fully saturated rings. The topological polar surface area (TPSA) is 57.6 Å². The van der Waals surface area contributed by atoms with Crippen molar-refractivity contribution in [1.29, 1.82) is 0 Å². The minimum Gasteiger partial charge on any atom is -0.480 e. The van der Waals surface area contributed by atoms with Gasteiger partial charge in [0.15, 0.2) is 0 Å². The highest BCUT2D eigenvalue weighted by molar-refractivity contribution is 5.89. The zero-order valence-electron chi connectivity index (χ0n) is 7.49. The van der Waals surface area contributed by atoms with Crippen LogP contribution < -0.4 is 0 Å². The molecule has 1 unspecified atom stereocenters. The first kappa shape index (κ1) is 10.3. The van der Waals surface area contributed by atoms with Crippen LogP contribution in [-0.2, 0) is 9.59 Å². The molecule has 2 heterocycles. The predicted molar refractivity (Wildman–Crippen MR) is 40.8 cm³/mol. The van der Waals surface area contributed by atoms with E-state index in [9.17, 15) is 22.8 Å². The summed E-state index contributed by atoms with van der Waals surface area (Å²) in [5.41, 5.74) is 0. The average molecular weight is 223 g/mol. The van der Waals surface area contributed by atoms with Gasteiger partial charge in [-0.15, -0.1) is 0 Å². The number of carboxylic acid groups (broad SMARTS) is 1. The molecule has 3 rings (SSSR count). The largest absolute Gasteiger partial charge is 0.480 e. The maximum absolute atomic E-state index is 12.1. The van der Waals surface area contributed by atoms with Crippen molar-refractivity contribution in [2.75, 3.05) is 0 Å². The Labute approximate surface area is 82.7 Å². The molecule has 0 spiro atoms. The van der Waals surface area contributed by atoms with Crippen LogP contribution in [0.2, 0.25) is 0 Å². The molecule has 0 radical (unpaired) electrons. The Bertz CT molecular complexity index is 322. The molecule has 0 aromatic carbocycles. The van der Waals surface area contributed by atoms with Gasteiger partial charge in [-0.25, -0.2) is 4.79 Å². The van der Waals surface area contributed by atoms with E-state index in [1.165, 1.54) is 0 Å². The molecule has 7 heteroatoms. The number of alkyl halides is 3. The number of carboxylic acids is 1. The Morgan fingerprint density at radius 3 is 2.20 bits per heavy atom. The molecule has 1 N–H and O–H groups in total. The smallest absolute Gasteiger partial charge is 0.471 e.